The maximum Gasteiger partial charge on any atom is 0.227 e. The predicted octanol–water partition coefficient (Wildman–Crippen LogP) is 2.66. The number of carbonyl (C=O) groups is 1. The third-order valence-electron chi connectivity index (χ3n) is 5.17. The lowest BCUT2D eigenvalue weighted by atomic mass is 9.90. The van der Waals surface area contributed by atoms with Crippen LogP contribution in [0.2, 0.25) is 0 Å². The van der Waals surface area contributed by atoms with Gasteiger partial charge in [-0.05, 0) is 38.0 Å². The van der Waals surface area contributed by atoms with Gasteiger partial charge in [0.25, 0.3) is 0 Å². The molecular weight excluding hydrogens is 330 g/mol. The van der Waals surface area contributed by atoms with Crippen molar-refractivity contribution in [2.45, 2.75) is 38.5 Å². The zero-order valence-corrected chi connectivity index (χ0v) is 14.8. The van der Waals surface area contributed by atoms with E-state index in [-0.39, 0.29) is 5.92 Å². The molecule has 0 N–H and O–H groups in total. The number of hydrogen-bond donors (Lipinski definition) is 0. The van der Waals surface area contributed by atoms with Gasteiger partial charge in [0.1, 0.15) is 5.69 Å². The molecule has 2 unspecified atom stereocenters. The van der Waals surface area contributed by atoms with Gasteiger partial charge >= 0.3 is 0 Å². The van der Waals surface area contributed by atoms with E-state index in [1.807, 2.05) is 4.90 Å². The molecule has 1 aliphatic heterocycles. The average Bonchev–Trinajstić information content (AvgIpc) is 3.17. The highest BCUT2D eigenvalue weighted by Crippen LogP contribution is 2.26. The number of amides is 1. The maximum absolute atomic E-state index is 12.8. The Labute approximate surface area is 152 Å². The van der Waals surface area contributed by atoms with Gasteiger partial charge in [0.15, 0.2) is 0 Å². The van der Waals surface area contributed by atoms with Gasteiger partial charge in [-0.25, -0.2) is 4.98 Å². The Morgan fingerprint density at radius 3 is 3.04 bits per heavy atom. The molecule has 1 fully saturated rings. The highest BCUT2D eigenvalue weighted by molar-refractivity contribution is 5.79. The predicted molar refractivity (Wildman–Crippen MR) is 94.8 cm³/mol. The quantitative estimate of drug-likeness (QED) is 0.786. The highest BCUT2D eigenvalue weighted by Gasteiger charge is 2.29. The van der Waals surface area contributed by atoms with Crippen molar-refractivity contribution in [1.82, 2.24) is 25.0 Å². The van der Waals surface area contributed by atoms with E-state index in [2.05, 4.69) is 32.3 Å². The van der Waals surface area contributed by atoms with Crippen LogP contribution in [-0.2, 0) is 11.2 Å². The van der Waals surface area contributed by atoms with E-state index in [0.717, 1.165) is 45.2 Å². The lowest BCUT2D eigenvalue weighted by Crippen LogP contribution is -2.43. The summed E-state index contributed by atoms with van der Waals surface area (Å²) < 4.78 is 5.39. The Hall–Kier alpha value is -2.57. The van der Waals surface area contributed by atoms with Crippen LogP contribution in [0.4, 0.5) is 0 Å². The second kappa shape index (κ2) is 7.76. The van der Waals surface area contributed by atoms with E-state index in [4.69, 9.17) is 4.52 Å². The van der Waals surface area contributed by atoms with Crippen molar-refractivity contribution in [2.75, 3.05) is 13.1 Å². The molecule has 0 radical (unpaired) electrons. The van der Waals surface area contributed by atoms with Crippen molar-refractivity contribution < 1.29 is 9.32 Å². The molecule has 136 valence electrons. The fraction of sp³-hybridized carbons (Fsp3) is 0.526. The maximum atomic E-state index is 12.8. The Bertz CT molecular complexity index is 773. The Morgan fingerprint density at radius 2 is 2.23 bits per heavy atom. The second-order valence-corrected chi connectivity index (χ2v) is 7.08. The first-order valence-corrected chi connectivity index (χ1v) is 9.32. The van der Waals surface area contributed by atoms with Gasteiger partial charge in [0, 0.05) is 37.8 Å². The molecule has 0 aromatic carbocycles. The first-order chi connectivity index (χ1) is 12.8. The molecule has 2 aliphatic rings. The van der Waals surface area contributed by atoms with Crippen molar-refractivity contribution in [1.29, 1.82) is 0 Å². The van der Waals surface area contributed by atoms with Crippen LogP contribution < -0.4 is 0 Å². The van der Waals surface area contributed by atoms with Gasteiger partial charge in [-0.15, -0.1) is 0 Å². The lowest BCUT2D eigenvalue weighted by Gasteiger charge is -2.35. The minimum Gasteiger partial charge on any atom is -0.342 e. The van der Waals surface area contributed by atoms with Crippen LogP contribution in [-0.4, -0.2) is 44.0 Å². The summed E-state index contributed by atoms with van der Waals surface area (Å²) in [4.78, 5) is 27.5. The average molecular weight is 353 g/mol. The summed E-state index contributed by atoms with van der Waals surface area (Å²) in [6.45, 7) is 1.64. The molecule has 26 heavy (non-hydrogen) atoms. The molecule has 3 heterocycles. The molecule has 1 saturated heterocycles. The molecule has 7 heteroatoms. The van der Waals surface area contributed by atoms with Gasteiger partial charge in [-0.3, -0.25) is 9.78 Å². The fourth-order valence-corrected chi connectivity index (χ4v) is 3.81. The number of nitrogens with zero attached hydrogens (tertiary/aromatic N) is 5. The normalized spacial score (nSPS) is 23.2. The van der Waals surface area contributed by atoms with Crippen molar-refractivity contribution >= 4 is 5.91 Å². The van der Waals surface area contributed by atoms with Crippen LogP contribution in [0, 0.1) is 11.8 Å². The molecule has 1 aliphatic carbocycles. The summed E-state index contributed by atoms with van der Waals surface area (Å²) >= 11 is 0. The smallest absolute Gasteiger partial charge is 0.227 e. The number of rotatable bonds is 4. The Morgan fingerprint density at radius 1 is 1.27 bits per heavy atom. The van der Waals surface area contributed by atoms with Gasteiger partial charge in [-0.2, -0.15) is 4.98 Å². The van der Waals surface area contributed by atoms with E-state index in [1.54, 1.807) is 18.6 Å². The molecule has 2 atom stereocenters. The largest absolute Gasteiger partial charge is 0.342 e. The summed E-state index contributed by atoms with van der Waals surface area (Å²) in [6.07, 6.45) is 14.8. The second-order valence-electron chi connectivity index (χ2n) is 7.08. The van der Waals surface area contributed by atoms with Crippen molar-refractivity contribution in [2.24, 2.45) is 11.8 Å². The number of aromatic nitrogens is 4. The van der Waals surface area contributed by atoms with E-state index >= 15 is 0 Å². The van der Waals surface area contributed by atoms with Crippen LogP contribution >= 0.6 is 0 Å². The van der Waals surface area contributed by atoms with Gasteiger partial charge in [0.05, 0.1) is 6.20 Å². The van der Waals surface area contributed by atoms with Gasteiger partial charge in [-0.1, -0.05) is 17.3 Å². The van der Waals surface area contributed by atoms with Crippen molar-refractivity contribution in [3.63, 3.8) is 0 Å². The number of allylic oxidation sites excluding steroid dienone is 2. The summed E-state index contributed by atoms with van der Waals surface area (Å²) in [7, 11) is 0. The molecule has 0 saturated carbocycles. The minimum absolute atomic E-state index is 0.158. The zero-order chi connectivity index (χ0) is 17.8. The van der Waals surface area contributed by atoms with Crippen LogP contribution in [0.3, 0.4) is 0 Å². The molecule has 1 amide bonds. The van der Waals surface area contributed by atoms with Crippen LogP contribution in [0.15, 0.2) is 35.3 Å². The third kappa shape index (κ3) is 3.81. The molecule has 7 nitrogen and oxygen atoms in total. The van der Waals surface area contributed by atoms with Crippen LogP contribution in [0.25, 0.3) is 11.5 Å². The number of hydrogen-bond acceptors (Lipinski definition) is 6. The van der Waals surface area contributed by atoms with Crippen LogP contribution in [0.5, 0.6) is 0 Å². The van der Waals surface area contributed by atoms with Gasteiger partial charge < -0.3 is 9.42 Å². The number of carbonyl (C=O) groups excluding carboxylic acids is 1. The van der Waals surface area contributed by atoms with Crippen LogP contribution in [0.1, 0.15) is 38.0 Å². The molecule has 2 aromatic heterocycles. The topological polar surface area (TPSA) is 85.0 Å². The minimum atomic E-state index is 0.158. The molecule has 4 rings (SSSR count). The van der Waals surface area contributed by atoms with Crippen molar-refractivity contribution in [3.8, 4) is 11.5 Å². The molecule has 0 bridgehead atoms. The van der Waals surface area contributed by atoms with E-state index in [1.165, 1.54) is 0 Å². The summed E-state index contributed by atoms with van der Waals surface area (Å²) in [6, 6.07) is 0. The summed E-state index contributed by atoms with van der Waals surface area (Å²) in [5.74, 6) is 1.90. The Kier molecular flexibility index (Phi) is 5.04. The highest BCUT2D eigenvalue weighted by atomic mass is 16.5. The van der Waals surface area contributed by atoms with Crippen molar-refractivity contribution in [3.05, 3.63) is 36.6 Å². The van der Waals surface area contributed by atoms with Gasteiger partial charge in [0.2, 0.25) is 17.6 Å². The number of likely N-dealkylation sites (tertiary alicyclic amines) is 1. The summed E-state index contributed by atoms with van der Waals surface area (Å²) in [5.41, 5.74) is 0.605. The van der Waals surface area contributed by atoms with E-state index in [0.29, 0.717) is 35.7 Å². The van der Waals surface area contributed by atoms with E-state index < -0.39 is 0 Å². The fourth-order valence-electron chi connectivity index (χ4n) is 3.81. The third-order valence-corrected chi connectivity index (χ3v) is 5.17. The molecule has 2 aromatic rings. The monoisotopic (exact) mass is 353 g/mol. The SMILES string of the molecule is O=C(C1CC=CCC1)N1CCCC(Cc2nc(-c3cnccn3)no2)C1. The van der Waals surface area contributed by atoms with E-state index in [9.17, 15) is 4.79 Å². The lowest BCUT2D eigenvalue weighted by molar-refractivity contribution is -0.137. The Balaban J connectivity index is 1.37. The molecular formula is C19H23N5O2. The standard InChI is InChI=1S/C19H23N5O2/c25-19(15-6-2-1-3-7-15)24-10-4-5-14(13-24)11-17-22-18(23-26-17)16-12-20-8-9-21-16/h1-2,8-9,12,14-15H,3-7,10-11,13H2. The first-order valence-electron chi connectivity index (χ1n) is 9.32. The number of piperidine rings is 1. The first kappa shape index (κ1) is 16.9. The zero-order valence-electron chi connectivity index (χ0n) is 14.8. The molecule has 0 spiro atoms. The summed E-state index contributed by atoms with van der Waals surface area (Å²) in [5, 5.41) is 4.00.